The summed E-state index contributed by atoms with van der Waals surface area (Å²) in [6.07, 6.45) is -0.155. The molecule has 1 saturated heterocycles. The molecule has 0 bridgehead atoms. The molecule has 1 aromatic rings. The van der Waals surface area contributed by atoms with Gasteiger partial charge in [-0.05, 0) is 24.3 Å². The number of hydrogen-bond acceptors (Lipinski definition) is 3. The van der Waals surface area contributed by atoms with Gasteiger partial charge in [0.1, 0.15) is 0 Å². The standard InChI is InChI=1S/C12H14BrNO3/c13-9-1-3-10(4-2-9)14-5-6-17-11(8-14)7-12(15)16/h1-4,11H,5-8H2,(H,15,16). The number of morpholine rings is 1. The molecule has 1 unspecified atom stereocenters. The third kappa shape index (κ3) is 3.44. The quantitative estimate of drug-likeness (QED) is 0.929. The molecule has 92 valence electrons. The van der Waals surface area contributed by atoms with Gasteiger partial charge >= 0.3 is 5.97 Å². The fourth-order valence-corrected chi connectivity index (χ4v) is 2.19. The number of benzene rings is 1. The van der Waals surface area contributed by atoms with Gasteiger partial charge in [0.25, 0.3) is 0 Å². The molecule has 0 radical (unpaired) electrons. The molecule has 5 heteroatoms. The van der Waals surface area contributed by atoms with Gasteiger partial charge in [0, 0.05) is 23.2 Å². The van der Waals surface area contributed by atoms with E-state index >= 15 is 0 Å². The summed E-state index contributed by atoms with van der Waals surface area (Å²) in [5.41, 5.74) is 1.10. The third-order valence-corrected chi connectivity index (χ3v) is 3.26. The Morgan fingerprint density at radius 3 is 2.82 bits per heavy atom. The first-order valence-electron chi connectivity index (χ1n) is 5.49. The van der Waals surface area contributed by atoms with Gasteiger partial charge in [-0.25, -0.2) is 0 Å². The minimum Gasteiger partial charge on any atom is -0.481 e. The van der Waals surface area contributed by atoms with Gasteiger partial charge < -0.3 is 14.7 Å². The Hall–Kier alpha value is -1.07. The number of carbonyl (C=O) groups is 1. The highest BCUT2D eigenvalue weighted by atomic mass is 79.9. The van der Waals surface area contributed by atoms with E-state index in [4.69, 9.17) is 9.84 Å². The van der Waals surface area contributed by atoms with Crippen molar-refractivity contribution in [1.29, 1.82) is 0 Å². The molecule has 1 fully saturated rings. The number of halogens is 1. The Kier molecular flexibility index (Phi) is 4.02. The third-order valence-electron chi connectivity index (χ3n) is 2.73. The molecular weight excluding hydrogens is 286 g/mol. The monoisotopic (exact) mass is 299 g/mol. The molecule has 0 spiro atoms. The van der Waals surface area contributed by atoms with Crippen molar-refractivity contribution in [3.05, 3.63) is 28.7 Å². The fourth-order valence-electron chi connectivity index (χ4n) is 1.92. The van der Waals surface area contributed by atoms with E-state index in [-0.39, 0.29) is 12.5 Å². The number of ether oxygens (including phenoxy) is 1. The van der Waals surface area contributed by atoms with E-state index in [0.29, 0.717) is 13.2 Å². The zero-order valence-corrected chi connectivity index (χ0v) is 10.9. The van der Waals surface area contributed by atoms with Gasteiger partial charge in [-0.2, -0.15) is 0 Å². The first-order chi connectivity index (χ1) is 8.15. The first kappa shape index (κ1) is 12.4. The van der Waals surface area contributed by atoms with Crippen molar-refractivity contribution < 1.29 is 14.6 Å². The number of carboxylic acid groups (broad SMARTS) is 1. The highest BCUT2D eigenvalue weighted by molar-refractivity contribution is 9.10. The molecule has 0 aromatic heterocycles. The topological polar surface area (TPSA) is 49.8 Å². The maximum atomic E-state index is 10.7. The summed E-state index contributed by atoms with van der Waals surface area (Å²) in [6, 6.07) is 8.01. The molecular formula is C12H14BrNO3. The molecule has 1 N–H and O–H groups in total. The van der Waals surface area contributed by atoms with Crippen LogP contribution in [0.1, 0.15) is 6.42 Å². The summed E-state index contributed by atoms with van der Waals surface area (Å²) in [5, 5.41) is 8.75. The number of anilines is 1. The number of carboxylic acids is 1. The molecule has 0 saturated carbocycles. The van der Waals surface area contributed by atoms with Gasteiger partial charge in [-0.15, -0.1) is 0 Å². The van der Waals surface area contributed by atoms with Crippen molar-refractivity contribution in [2.24, 2.45) is 0 Å². The highest BCUT2D eigenvalue weighted by Gasteiger charge is 2.22. The van der Waals surface area contributed by atoms with Crippen LogP contribution >= 0.6 is 15.9 Å². The lowest BCUT2D eigenvalue weighted by atomic mass is 10.2. The van der Waals surface area contributed by atoms with Gasteiger partial charge in [0.2, 0.25) is 0 Å². The van der Waals surface area contributed by atoms with Crippen LogP contribution in [0.3, 0.4) is 0 Å². The van der Waals surface area contributed by atoms with E-state index in [1.165, 1.54) is 0 Å². The fraction of sp³-hybridized carbons (Fsp3) is 0.417. The largest absolute Gasteiger partial charge is 0.481 e. The van der Waals surface area contributed by atoms with Crippen LogP contribution in [0.2, 0.25) is 0 Å². The average molecular weight is 300 g/mol. The summed E-state index contributed by atoms with van der Waals surface area (Å²) < 4.78 is 6.47. The minimum absolute atomic E-state index is 0.0625. The van der Waals surface area contributed by atoms with Crippen LogP contribution in [-0.4, -0.2) is 36.9 Å². The molecule has 1 aliphatic rings. The average Bonchev–Trinajstić information content (AvgIpc) is 2.29. The van der Waals surface area contributed by atoms with Gasteiger partial charge in [-0.1, -0.05) is 15.9 Å². The van der Waals surface area contributed by atoms with Crippen LogP contribution in [-0.2, 0) is 9.53 Å². The van der Waals surface area contributed by atoms with E-state index in [2.05, 4.69) is 20.8 Å². The van der Waals surface area contributed by atoms with Gasteiger partial charge in [0.05, 0.1) is 19.1 Å². The molecule has 0 amide bonds. The number of rotatable bonds is 3. The summed E-state index contributed by atoms with van der Waals surface area (Å²) in [6.45, 7) is 2.01. The Bertz CT molecular complexity index is 393. The number of aliphatic carboxylic acids is 1. The van der Waals surface area contributed by atoms with Gasteiger partial charge in [-0.3, -0.25) is 4.79 Å². The normalized spacial score (nSPS) is 20.3. The minimum atomic E-state index is -0.812. The number of nitrogens with zero attached hydrogens (tertiary/aromatic N) is 1. The van der Waals surface area contributed by atoms with E-state index in [9.17, 15) is 4.79 Å². The molecule has 1 heterocycles. The SMILES string of the molecule is O=C(O)CC1CN(c2ccc(Br)cc2)CCO1. The van der Waals surface area contributed by atoms with Crippen LogP contribution < -0.4 is 4.90 Å². The summed E-state index contributed by atoms with van der Waals surface area (Å²) >= 11 is 3.39. The molecule has 1 atom stereocenters. The van der Waals surface area contributed by atoms with E-state index in [1.807, 2.05) is 24.3 Å². The second kappa shape index (κ2) is 5.51. The second-order valence-corrected chi connectivity index (χ2v) is 4.93. The lowest BCUT2D eigenvalue weighted by molar-refractivity contribution is -0.140. The Morgan fingerprint density at radius 2 is 2.18 bits per heavy atom. The van der Waals surface area contributed by atoms with Crippen molar-refractivity contribution in [2.45, 2.75) is 12.5 Å². The molecule has 4 nitrogen and oxygen atoms in total. The first-order valence-corrected chi connectivity index (χ1v) is 6.28. The van der Waals surface area contributed by atoms with Crippen molar-refractivity contribution in [3.63, 3.8) is 0 Å². The second-order valence-electron chi connectivity index (χ2n) is 4.01. The Balaban J connectivity index is 2.01. The summed E-state index contributed by atoms with van der Waals surface area (Å²) in [4.78, 5) is 12.8. The maximum Gasteiger partial charge on any atom is 0.306 e. The van der Waals surface area contributed by atoms with Crippen LogP contribution in [0.25, 0.3) is 0 Å². The zero-order valence-electron chi connectivity index (χ0n) is 9.30. The summed E-state index contributed by atoms with van der Waals surface area (Å²) in [5.74, 6) is -0.812. The summed E-state index contributed by atoms with van der Waals surface area (Å²) in [7, 11) is 0. The van der Waals surface area contributed by atoms with Crippen molar-refractivity contribution >= 4 is 27.6 Å². The van der Waals surface area contributed by atoms with Crippen molar-refractivity contribution in [2.75, 3.05) is 24.6 Å². The lowest BCUT2D eigenvalue weighted by Gasteiger charge is -2.34. The Labute approximate surface area is 108 Å². The van der Waals surface area contributed by atoms with Crippen molar-refractivity contribution in [1.82, 2.24) is 0 Å². The molecule has 1 aliphatic heterocycles. The number of hydrogen-bond donors (Lipinski definition) is 1. The van der Waals surface area contributed by atoms with Crippen molar-refractivity contribution in [3.8, 4) is 0 Å². The van der Waals surface area contributed by atoms with Crippen LogP contribution in [0.15, 0.2) is 28.7 Å². The smallest absolute Gasteiger partial charge is 0.306 e. The molecule has 1 aromatic carbocycles. The predicted octanol–water partition coefficient (Wildman–Crippen LogP) is 2.13. The van der Waals surface area contributed by atoms with E-state index in [1.54, 1.807) is 0 Å². The maximum absolute atomic E-state index is 10.7. The van der Waals surface area contributed by atoms with Crippen LogP contribution in [0.5, 0.6) is 0 Å². The molecule has 0 aliphatic carbocycles. The molecule has 2 rings (SSSR count). The zero-order chi connectivity index (χ0) is 12.3. The van der Waals surface area contributed by atoms with Gasteiger partial charge in [0.15, 0.2) is 0 Å². The lowest BCUT2D eigenvalue weighted by Crippen LogP contribution is -2.43. The van der Waals surface area contributed by atoms with E-state index in [0.717, 1.165) is 16.7 Å². The Morgan fingerprint density at radius 1 is 1.47 bits per heavy atom. The molecule has 17 heavy (non-hydrogen) atoms. The van der Waals surface area contributed by atoms with Crippen LogP contribution in [0.4, 0.5) is 5.69 Å². The predicted molar refractivity (Wildman–Crippen MR) is 68.3 cm³/mol. The highest BCUT2D eigenvalue weighted by Crippen LogP contribution is 2.21. The van der Waals surface area contributed by atoms with E-state index < -0.39 is 5.97 Å². The van der Waals surface area contributed by atoms with Crippen LogP contribution in [0, 0.1) is 0 Å².